The van der Waals surface area contributed by atoms with Gasteiger partial charge in [-0.2, -0.15) is 0 Å². The third-order valence-corrected chi connectivity index (χ3v) is 5.57. The summed E-state index contributed by atoms with van der Waals surface area (Å²) in [5.74, 6) is 0.0550. The third kappa shape index (κ3) is 15.0. The topological polar surface area (TPSA) is 46.5 Å². The minimum absolute atomic E-state index is 0.0509. The van der Waals surface area contributed by atoms with Gasteiger partial charge in [-0.05, 0) is 89.6 Å². The molecule has 0 fully saturated rings. The second-order valence-corrected chi connectivity index (χ2v) is 9.37. The monoisotopic (exact) mass is 534 g/mol. The molecule has 0 saturated heterocycles. The summed E-state index contributed by atoms with van der Waals surface area (Å²) in [6.45, 7) is 21.1. The van der Waals surface area contributed by atoms with Crippen LogP contribution in [0.2, 0.25) is 0 Å². The maximum atomic E-state index is 13.9. The number of fused-ring (bicyclic) bond motifs is 1. The van der Waals surface area contributed by atoms with E-state index in [1.165, 1.54) is 19.9 Å². The van der Waals surface area contributed by atoms with Crippen molar-refractivity contribution in [2.75, 3.05) is 0 Å². The number of hydrogen-bond donors (Lipinski definition) is 1. The Morgan fingerprint density at radius 1 is 1.08 bits per heavy atom. The van der Waals surface area contributed by atoms with Crippen molar-refractivity contribution in [3.63, 3.8) is 0 Å². The van der Waals surface area contributed by atoms with Crippen LogP contribution in [0, 0.1) is 31.4 Å². The summed E-state index contributed by atoms with van der Waals surface area (Å²) < 4.78 is 33.5. The minimum atomic E-state index is -0.546. The molecule has 2 aromatic rings. The predicted octanol–water partition coefficient (Wildman–Crippen LogP) is 9.66. The molecule has 0 bridgehead atoms. The first kappa shape index (κ1) is 37.6. The SMILES string of the molecule is C/C=C\C.CC.CC(C)=O.CCCC(O)CC.Cc1ccc(C)c(O[C@H]2c3cc(F)cc(F)c3CC2C)c1. The summed E-state index contributed by atoms with van der Waals surface area (Å²) in [5, 5.41) is 8.86. The van der Waals surface area contributed by atoms with E-state index < -0.39 is 11.6 Å². The van der Waals surface area contributed by atoms with Crippen LogP contribution in [-0.4, -0.2) is 17.0 Å². The zero-order chi connectivity index (χ0) is 29.8. The minimum Gasteiger partial charge on any atom is -0.485 e. The highest BCUT2D eigenvalue weighted by Crippen LogP contribution is 2.41. The molecule has 2 aromatic carbocycles. The number of Topliss-reactive ketones (excluding diaryl/α,β-unsaturated/α-hetero) is 1. The van der Waals surface area contributed by atoms with Gasteiger partial charge in [0.25, 0.3) is 0 Å². The van der Waals surface area contributed by atoms with Gasteiger partial charge >= 0.3 is 0 Å². The fraction of sp³-hybridized carbons (Fsp3) is 0.545. The highest BCUT2D eigenvalue weighted by molar-refractivity contribution is 5.72. The van der Waals surface area contributed by atoms with E-state index in [1.807, 2.05) is 85.7 Å². The predicted molar refractivity (Wildman–Crippen MR) is 158 cm³/mol. The molecular weight excluding hydrogens is 482 g/mol. The zero-order valence-electron chi connectivity index (χ0n) is 25.6. The third-order valence-electron chi connectivity index (χ3n) is 5.57. The van der Waals surface area contributed by atoms with Crippen LogP contribution in [0.15, 0.2) is 42.5 Å². The molecular formula is C33H52F2O3. The quantitative estimate of drug-likeness (QED) is 0.388. The maximum absolute atomic E-state index is 13.9. The van der Waals surface area contributed by atoms with Gasteiger partial charge in [0.15, 0.2) is 0 Å². The van der Waals surface area contributed by atoms with E-state index in [2.05, 4.69) is 6.92 Å². The van der Waals surface area contributed by atoms with Gasteiger partial charge in [0, 0.05) is 17.5 Å². The fourth-order valence-electron chi connectivity index (χ4n) is 3.52. The zero-order valence-corrected chi connectivity index (χ0v) is 25.6. The van der Waals surface area contributed by atoms with Crippen molar-refractivity contribution in [1.82, 2.24) is 0 Å². The lowest BCUT2D eigenvalue weighted by Gasteiger charge is -2.21. The Balaban J connectivity index is 0. The van der Waals surface area contributed by atoms with E-state index in [1.54, 1.807) is 0 Å². The van der Waals surface area contributed by atoms with Crippen LogP contribution in [0.5, 0.6) is 5.75 Å². The second kappa shape index (κ2) is 21.4. The summed E-state index contributed by atoms with van der Waals surface area (Å²) >= 11 is 0. The largest absolute Gasteiger partial charge is 0.485 e. The molecule has 1 aliphatic carbocycles. The van der Waals surface area contributed by atoms with Crippen molar-refractivity contribution in [2.45, 2.75) is 114 Å². The smallest absolute Gasteiger partial charge is 0.129 e. The first-order chi connectivity index (χ1) is 17.9. The highest BCUT2D eigenvalue weighted by atomic mass is 19.1. The number of benzene rings is 2. The number of halogens is 2. The number of aliphatic hydroxyl groups is 1. The molecule has 3 rings (SSSR count). The van der Waals surface area contributed by atoms with Gasteiger partial charge in [-0.3, -0.25) is 0 Å². The molecule has 0 heterocycles. The summed E-state index contributed by atoms with van der Waals surface area (Å²) in [6.07, 6.45) is 7.17. The molecule has 0 aliphatic heterocycles. The normalized spacial score (nSPS) is 15.7. The van der Waals surface area contributed by atoms with Crippen LogP contribution >= 0.6 is 0 Å². The molecule has 0 radical (unpaired) electrons. The summed E-state index contributed by atoms with van der Waals surface area (Å²) in [6, 6.07) is 8.34. The lowest BCUT2D eigenvalue weighted by molar-refractivity contribution is -0.115. The molecule has 1 N–H and O–H groups in total. The number of aryl methyl sites for hydroxylation is 2. The Labute approximate surface area is 231 Å². The van der Waals surface area contributed by atoms with E-state index in [0.717, 1.165) is 42.2 Å². The first-order valence-electron chi connectivity index (χ1n) is 13.9. The number of allylic oxidation sites excluding steroid dienone is 2. The molecule has 0 spiro atoms. The van der Waals surface area contributed by atoms with Gasteiger partial charge < -0.3 is 14.6 Å². The van der Waals surface area contributed by atoms with Crippen LogP contribution in [0.1, 0.15) is 110 Å². The Hall–Kier alpha value is -2.53. The van der Waals surface area contributed by atoms with Crippen molar-refractivity contribution < 1.29 is 23.4 Å². The Kier molecular flexibility index (Phi) is 21.2. The number of aliphatic hydroxyl groups excluding tert-OH is 1. The molecule has 0 amide bonds. The Morgan fingerprint density at radius 3 is 2.08 bits per heavy atom. The van der Waals surface area contributed by atoms with Crippen molar-refractivity contribution in [3.8, 4) is 5.75 Å². The van der Waals surface area contributed by atoms with Crippen molar-refractivity contribution in [3.05, 3.63) is 76.4 Å². The Bertz CT molecular complexity index is 945. The van der Waals surface area contributed by atoms with Crippen LogP contribution < -0.4 is 4.74 Å². The van der Waals surface area contributed by atoms with Crippen molar-refractivity contribution >= 4 is 5.78 Å². The standard InChI is InChI=1S/C18H18F2O.C6H14O.C4H8.C3H6O.C2H6/c1-10-4-5-11(2)17(6-10)21-18-12(3)7-14-15(18)8-13(19)9-16(14)20;1-3-5-6(7)4-2;1-3-4-2;1-3(2)4;1-2/h4-6,8-9,12,18H,7H2,1-3H3;6-7H,3-5H2,1-2H3;3-4H,1-2H3;1-2H3;1-2H3/b;;4-3-;;/t12?,18-;;;;/m1..../s1. The number of carbonyl (C=O) groups excluding carboxylic acids is 1. The number of ether oxygens (including phenoxy) is 1. The van der Waals surface area contributed by atoms with E-state index >= 15 is 0 Å². The molecule has 0 aromatic heterocycles. The van der Waals surface area contributed by atoms with Gasteiger partial charge in [-0.1, -0.05) is 65.3 Å². The molecule has 38 heavy (non-hydrogen) atoms. The molecule has 0 saturated carbocycles. The number of ketones is 1. The van der Waals surface area contributed by atoms with E-state index in [-0.39, 0.29) is 23.9 Å². The number of carbonyl (C=O) groups is 1. The van der Waals surface area contributed by atoms with Crippen LogP contribution in [-0.2, 0) is 11.2 Å². The lowest BCUT2D eigenvalue weighted by Crippen LogP contribution is -2.12. The maximum Gasteiger partial charge on any atom is 0.129 e. The molecule has 1 aliphatic rings. The average molecular weight is 535 g/mol. The van der Waals surface area contributed by atoms with E-state index in [0.29, 0.717) is 17.5 Å². The van der Waals surface area contributed by atoms with Gasteiger partial charge in [0.05, 0.1) is 6.10 Å². The number of hydrogen-bond acceptors (Lipinski definition) is 3. The summed E-state index contributed by atoms with van der Waals surface area (Å²) in [7, 11) is 0. The Morgan fingerprint density at radius 2 is 1.63 bits per heavy atom. The van der Waals surface area contributed by atoms with Gasteiger partial charge in [0.2, 0.25) is 0 Å². The van der Waals surface area contributed by atoms with Gasteiger partial charge in [-0.15, -0.1) is 0 Å². The molecule has 5 heteroatoms. The van der Waals surface area contributed by atoms with Crippen LogP contribution in [0.3, 0.4) is 0 Å². The van der Waals surface area contributed by atoms with E-state index in [9.17, 15) is 13.6 Å². The van der Waals surface area contributed by atoms with Crippen molar-refractivity contribution in [1.29, 1.82) is 0 Å². The molecule has 2 unspecified atom stereocenters. The molecule has 216 valence electrons. The molecule has 3 atom stereocenters. The van der Waals surface area contributed by atoms with Crippen LogP contribution in [0.4, 0.5) is 8.78 Å². The highest BCUT2D eigenvalue weighted by Gasteiger charge is 2.34. The first-order valence-corrected chi connectivity index (χ1v) is 13.9. The van der Waals surface area contributed by atoms with Gasteiger partial charge in [-0.25, -0.2) is 8.78 Å². The summed E-state index contributed by atoms with van der Waals surface area (Å²) in [5.41, 5.74) is 3.35. The van der Waals surface area contributed by atoms with Crippen molar-refractivity contribution in [2.24, 2.45) is 5.92 Å². The fourth-order valence-corrected chi connectivity index (χ4v) is 3.52. The lowest BCUT2D eigenvalue weighted by atomic mass is 10.1. The van der Waals surface area contributed by atoms with Gasteiger partial charge in [0.1, 0.15) is 29.3 Å². The average Bonchev–Trinajstić information content (AvgIpc) is 3.18. The van der Waals surface area contributed by atoms with E-state index in [4.69, 9.17) is 9.84 Å². The molecule has 3 nitrogen and oxygen atoms in total. The second-order valence-electron chi connectivity index (χ2n) is 9.37. The van der Waals surface area contributed by atoms with Crippen LogP contribution in [0.25, 0.3) is 0 Å². The number of rotatable bonds is 5. The summed E-state index contributed by atoms with van der Waals surface area (Å²) in [4.78, 5) is 9.44.